The van der Waals surface area contributed by atoms with Crippen molar-refractivity contribution in [2.45, 2.75) is 20.3 Å². The van der Waals surface area contributed by atoms with Gasteiger partial charge in [0.05, 0.1) is 6.92 Å². The summed E-state index contributed by atoms with van der Waals surface area (Å²) in [6, 6.07) is 6.23. The van der Waals surface area contributed by atoms with Gasteiger partial charge in [0.15, 0.2) is 6.21 Å². The summed E-state index contributed by atoms with van der Waals surface area (Å²) in [5, 5.41) is 0. The molecule has 1 aromatic carbocycles. The van der Waals surface area contributed by atoms with Gasteiger partial charge >= 0.3 is 5.84 Å². The molecule has 0 unspecified atom stereocenters. The van der Waals surface area contributed by atoms with E-state index < -0.39 is 0 Å². The van der Waals surface area contributed by atoms with Crippen LogP contribution in [0.15, 0.2) is 22.7 Å². The van der Waals surface area contributed by atoms with Crippen molar-refractivity contribution >= 4 is 28.0 Å². The molecular formula is C11H14BrN2+. The molecule has 0 heterocycles. The topological polar surface area (TPSA) is 40.1 Å². The molecule has 1 aromatic rings. The third-order valence-electron chi connectivity index (χ3n) is 1.92. The SMILES string of the molecule is CC(N)=[N+]=CCc1cc(Br)ccc1C. The molecule has 0 aromatic heterocycles. The average molecular weight is 254 g/mol. The van der Waals surface area contributed by atoms with Crippen molar-refractivity contribution in [3.8, 4) is 0 Å². The third-order valence-corrected chi connectivity index (χ3v) is 2.41. The first-order valence-electron chi connectivity index (χ1n) is 4.46. The lowest BCUT2D eigenvalue weighted by Crippen LogP contribution is -2.09. The van der Waals surface area contributed by atoms with Crippen molar-refractivity contribution in [3.05, 3.63) is 33.8 Å². The van der Waals surface area contributed by atoms with Crippen molar-refractivity contribution in [3.63, 3.8) is 0 Å². The van der Waals surface area contributed by atoms with Gasteiger partial charge in [0, 0.05) is 10.9 Å². The van der Waals surface area contributed by atoms with Gasteiger partial charge < -0.3 is 0 Å². The molecule has 2 nitrogen and oxygen atoms in total. The molecule has 74 valence electrons. The van der Waals surface area contributed by atoms with Crippen LogP contribution in [-0.4, -0.2) is 12.1 Å². The van der Waals surface area contributed by atoms with Gasteiger partial charge in [0.2, 0.25) is 0 Å². The van der Waals surface area contributed by atoms with Gasteiger partial charge in [-0.3, -0.25) is 5.73 Å². The van der Waals surface area contributed by atoms with Crippen molar-refractivity contribution in [1.29, 1.82) is 0 Å². The highest BCUT2D eigenvalue weighted by molar-refractivity contribution is 9.10. The van der Waals surface area contributed by atoms with Gasteiger partial charge in [-0.05, 0) is 30.2 Å². The molecule has 0 aliphatic heterocycles. The lowest BCUT2D eigenvalue weighted by atomic mass is 10.1. The molecule has 0 amide bonds. The number of halogens is 1. The summed E-state index contributed by atoms with van der Waals surface area (Å²) in [5.41, 5.74) is 7.97. The number of hydrogen-bond donors (Lipinski definition) is 1. The van der Waals surface area contributed by atoms with Crippen LogP contribution in [0.3, 0.4) is 0 Å². The Labute approximate surface area is 92.7 Å². The molecule has 0 saturated carbocycles. The maximum absolute atomic E-state index is 5.43. The predicted octanol–water partition coefficient (Wildman–Crippen LogP) is 1.82. The van der Waals surface area contributed by atoms with E-state index in [-0.39, 0.29) is 0 Å². The van der Waals surface area contributed by atoms with E-state index in [4.69, 9.17) is 5.73 Å². The third kappa shape index (κ3) is 3.36. The second-order valence-corrected chi connectivity index (χ2v) is 4.14. The summed E-state index contributed by atoms with van der Waals surface area (Å²) in [6.07, 6.45) is 2.66. The lowest BCUT2D eigenvalue weighted by Gasteiger charge is -2.00. The van der Waals surface area contributed by atoms with Gasteiger partial charge in [-0.15, -0.1) is 0 Å². The molecule has 1 rings (SSSR count). The zero-order chi connectivity index (χ0) is 10.6. The first kappa shape index (κ1) is 11.0. The molecule has 0 bridgehead atoms. The molecule has 14 heavy (non-hydrogen) atoms. The summed E-state index contributed by atoms with van der Waals surface area (Å²) >= 11 is 3.44. The highest BCUT2D eigenvalue weighted by Gasteiger charge is 1.98. The Bertz CT molecular complexity index is 386. The van der Waals surface area contributed by atoms with Crippen LogP contribution < -0.4 is 10.4 Å². The smallest absolute Gasteiger partial charge is 0.277 e. The molecule has 0 aliphatic carbocycles. The summed E-state index contributed by atoms with van der Waals surface area (Å²) in [6.45, 7) is 3.87. The van der Waals surface area contributed by atoms with Gasteiger partial charge in [0.1, 0.15) is 0 Å². The lowest BCUT2D eigenvalue weighted by molar-refractivity contribution is 1.26. The van der Waals surface area contributed by atoms with Crippen LogP contribution in [0.1, 0.15) is 18.1 Å². The largest absolute Gasteiger partial charge is 0.337 e. The van der Waals surface area contributed by atoms with E-state index in [1.165, 1.54) is 11.1 Å². The minimum atomic E-state index is 0.595. The maximum Gasteiger partial charge on any atom is 0.337 e. The highest BCUT2D eigenvalue weighted by atomic mass is 79.9. The minimum absolute atomic E-state index is 0.595. The van der Waals surface area contributed by atoms with E-state index in [0.29, 0.717) is 5.84 Å². The second-order valence-electron chi connectivity index (χ2n) is 3.23. The maximum atomic E-state index is 5.43. The number of hydrogen-bond acceptors (Lipinski definition) is 0. The molecule has 3 heteroatoms. The molecular weight excluding hydrogens is 240 g/mol. The zero-order valence-electron chi connectivity index (χ0n) is 8.42. The van der Waals surface area contributed by atoms with Crippen LogP contribution in [0.4, 0.5) is 0 Å². The Morgan fingerprint density at radius 3 is 2.93 bits per heavy atom. The van der Waals surface area contributed by atoms with E-state index in [9.17, 15) is 0 Å². The molecule has 0 spiro atoms. The first-order chi connectivity index (χ1) is 6.59. The number of nitrogens with two attached hydrogens (primary N) is 1. The van der Waals surface area contributed by atoms with Crippen molar-refractivity contribution in [2.24, 2.45) is 5.73 Å². The number of nitrogens with zero attached hydrogens (tertiary/aromatic N) is 1. The fraction of sp³-hybridized carbons (Fsp3) is 0.273. The first-order valence-corrected chi connectivity index (χ1v) is 5.25. The van der Waals surface area contributed by atoms with E-state index >= 15 is 0 Å². The molecule has 2 N–H and O–H groups in total. The van der Waals surface area contributed by atoms with Crippen molar-refractivity contribution in [1.82, 2.24) is 4.67 Å². The normalized spacial score (nSPS) is 9.36. The Kier molecular flexibility index (Phi) is 3.93. The molecule has 0 fully saturated rings. The number of amidine groups is 1. The van der Waals surface area contributed by atoms with Crippen LogP contribution in [0.25, 0.3) is 0 Å². The summed E-state index contributed by atoms with van der Waals surface area (Å²) in [7, 11) is 0. The number of aryl methyl sites for hydroxylation is 1. The molecule has 0 radical (unpaired) electrons. The predicted molar refractivity (Wildman–Crippen MR) is 65.6 cm³/mol. The summed E-state index contributed by atoms with van der Waals surface area (Å²) in [4.78, 5) is 0. The van der Waals surface area contributed by atoms with Gasteiger partial charge in [-0.2, -0.15) is 0 Å². The molecule has 0 saturated heterocycles. The second kappa shape index (κ2) is 4.99. The van der Waals surface area contributed by atoms with Gasteiger partial charge in [0.25, 0.3) is 0 Å². The fourth-order valence-electron chi connectivity index (χ4n) is 1.15. The minimum Gasteiger partial charge on any atom is -0.277 e. The monoisotopic (exact) mass is 253 g/mol. The van der Waals surface area contributed by atoms with E-state index in [1.807, 2.05) is 12.3 Å². The van der Waals surface area contributed by atoms with Crippen LogP contribution in [0, 0.1) is 6.92 Å². The average Bonchev–Trinajstić information content (AvgIpc) is 2.10. The fourth-order valence-corrected chi connectivity index (χ4v) is 1.56. The Balaban J connectivity index is 2.87. The van der Waals surface area contributed by atoms with Gasteiger partial charge in [-0.1, -0.05) is 22.0 Å². The van der Waals surface area contributed by atoms with Crippen LogP contribution >= 0.6 is 15.9 Å². The van der Waals surface area contributed by atoms with Crippen molar-refractivity contribution in [2.75, 3.05) is 0 Å². The standard InChI is InChI=1S/C11H13BrN2/c1-8-3-4-11(12)7-10(8)5-6-14-9(2)13/h3-4,6-7,13H,5H2,1-2H3/p+1. The molecule has 0 atom stereocenters. The highest BCUT2D eigenvalue weighted by Crippen LogP contribution is 2.15. The van der Waals surface area contributed by atoms with E-state index in [1.54, 1.807) is 6.92 Å². The van der Waals surface area contributed by atoms with E-state index in [0.717, 1.165) is 10.9 Å². The molecule has 0 aliphatic rings. The quantitative estimate of drug-likeness (QED) is 0.488. The zero-order valence-corrected chi connectivity index (χ0v) is 10.0. The Morgan fingerprint density at radius 2 is 2.29 bits per heavy atom. The van der Waals surface area contributed by atoms with Gasteiger partial charge in [-0.25, -0.2) is 4.67 Å². The summed E-state index contributed by atoms with van der Waals surface area (Å²) < 4.78 is 5.14. The number of benzene rings is 1. The van der Waals surface area contributed by atoms with Crippen molar-refractivity contribution < 1.29 is 0 Å². The van der Waals surface area contributed by atoms with Crippen LogP contribution in [-0.2, 0) is 6.42 Å². The summed E-state index contributed by atoms with van der Waals surface area (Å²) in [5.74, 6) is 0.595. The van der Waals surface area contributed by atoms with Crippen LogP contribution in [0.2, 0.25) is 0 Å². The van der Waals surface area contributed by atoms with Crippen LogP contribution in [0.5, 0.6) is 0 Å². The van der Waals surface area contributed by atoms with E-state index in [2.05, 4.69) is 39.7 Å². The Hall–Kier alpha value is -1.05. The number of rotatable bonds is 2. The Morgan fingerprint density at radius 1 is 1.57 bits per heavy atom.